The van der Waals surface area contributed by atoms with Crippen LogP contribution >= 0.6 is 11.6 Å². The fraction of sp³-hybridized carbons (Fsp3) is 0.250. The van der Waals surface area contributed by atoms with Crippen LogP contribution in [-0.4, -0.2) is 14.5 Å². The molecule has 0 saturated heterocycles. The number of hydrogen-bond donors (Lipinski definition) is 1. The van der Waals surface area contributed by atoms with Crippen molar-refractivity contribution < 1.29 is 0 Å². The minimum absolute atomic E-state index is 0.0997. The van der Waals surface area contributed by atoms with Crippen molar-refractivity contribution in [3.8, 4) is 0 Å². The van der Waals surface area contributed by atoms with Crippen LogP contribution in [-0.2, 0) is 13.0 Å². The number of H-pyrrole nitrogens is 1. The van der Waals surface area contributed by atoms with Crippen molar-refractivity contribution in [2.45, 2.75) is 19.9 Å². The molecular formula is C12H12ClN3O2. The molecule has 2 heterocycles. The van der Waals surface area contributed by atoms with Crippen molar-refractivity contribution in [1.82, 2.24) is 14.5 Å². The third-order valence-corrected chi connectivity index (χ3v) is 3.08. The van der Waals surface area contributed by atoms with Gasteiger partial charge in [0, 0.05) is 24.5 Å². The van der Waals surface area contributed by atoms with E-state index in [1.165, 1.54) is 0 Å². The predicted molar refractivity (Wildman–Crippen MR) is 69.0 cm³/mol. The average molecular weight is 266 g/mol. The van der Waals surface area contributed by atoms with Crippen molar-refractivity contribution in [2.75, 3.05) is 0 Å². The standard InChI is InChI=1S/C12H12ClN3O2/c1-8-10(13)15-12(18)16(11(8)17)6-4-9-3-2-5-14-7-9/h2-3,5,7H,4,6H2,1H3,(H,15,18). The van der Waals surface area contributed by atoms with Gasteiger partial charge in [-0.05, 0) is 25.0 Å². The lowest BCUT2D eigenvalue weighted by Gasteiger charge is -2.06. The van der Waals surface area contributed by atoms with Gasteiger partial charge in [0.05, 0.1) is 0 Å². The summed E-state index contributed by atoms with van der Waals surface area (Å²) in [5.74, 6) is 0. The number of nitrogens with zero attached hydrogens (tertiary/aromatic N) is 2. The summed E-state index contributed by atoms with van der Waals surface area (Å²) < 4.78 is 1.15. The molecule has 0 bridgehead atoms. The molecule has 1 N–H and O–H groups in total. The van der Waals surface area contributed by atoms with Gasteiger partial charge in [0.25, 0.3) is 5.56 Å². The minimum atomic E-state index is -0.487. The maximum Gasteiger partial charge on any atom is 0.329 e. The maximum atomic E-state index is 11.9. The van der Waals surface area contributed by atoms with Gasteiger partial charge in [0.1, 0.15) is 5.15 Å². The van der Waals surface area contributed by atoms with E-state index in [2.05, 4.69) is 9.97 Å². The van der Waals surface area contributed by atoms with Crippen molar-refractivity contribution in [1.29, 1.82) is 0 Å². The number of nitrogens with one attached hydrogen (secondary N) is 1. The van der Waals surface area contributed by atoms with Crippen LogP contribution in [0.25, 0.3) is 0 Å². The predicted octanol–water partition coefficient (Wildman–Crippen LogP) is 1.14. The van der Waals surface area contributed by atoms with Gasteiger partial charge in [0.2, 0.25) is 0 Å². The lowest BCUT2D eigenvalue weighted by molar-refractivity contribution is 0.622. The monoisotopic (exact) mass is 265 g/mol. The number of aromatic amines is 1. The Labute approximate surface area is 108 Å². The quantitative estimate of drug-likeness (QED) is 0.846. The Bertz CT molecular complexity index is 661. The first-order valence-electron chi connectivity index (χ1n) is 5.47. The summed E-state index contributed by atoms with van der Waals surface area (Å²) in [5, 5.41) is 0.0997. The summed E-state index contributed by atoms with van der Waals surface area (Å²) in [6.45, 7) is 1.89. The lowest BCUT2D eigenvalue weighted by Crippen LogP contribution is -2.37. The van der Waals surface area contributed by atoms with Gasteiger partial charge in [-0.1, -0.05) is 17.7 Å². The summed E-state index contributed by atoms with van der Waals surface area (Å²) in [4.78, 5) is 29.9. The Hall–Kier alpha value is -1.88. The highest BCUT2D eigenvalue weighted by molar-refractivity contribution is 6.30. The van der Waals surface area contributed by atoms with Gasteiger partial charge >= 0.3 is 5.69 Å². The first-order valence-corrected chi connectivity index (χ1v) is 5.85. The van der Waals surface area contributed by atoms with Gasteiger partial charge in [-0.3, -0.25) is 19.3 Å². The molecule has 0 atom stereocenters. The summed E-state index contributed by atoms with van der Waals surface area (Å²) in [7, 11) is 0. The van der Waals surface area contributed by atoms with E-state index in [4.69, 9.17) is 11.6 Å². The molecule has 0 saturated carbocycles. The van der Waals surface area contributed by atoms with E-state index in [1.54, 1.807) is 19.3 Å². The molecule has 0 radical (unpaired) electrons. The highest BCUT2D eigenvalue weighted by Gasteiger charge is 2.08. The fourth-order valence-electron chi connectivity index (χ4n) is 1.63. The molecule has 94 valence electrons. The molecule has 0 amide bonds. The lowest BCUT2D eigenvalue weighted by atomic mass is 10.2. The average Bonchev–Trinajstić information content (AvgIpc) is 2.37. The molecule has 0 aliphatic rings. The number of pyridine rings is 1. The minimum Gasteiger partial charge on any atom is -0.297 e. The highest BCUT2D eigenvalue weighted by Crippen LogP contribution is 2.03. The van der Waals surface area contributed by atoms with Crippen molar-refractivity contribution in [2.24, 2.45) is 0 Å². The molecule has 0 spiro atoms. The molecule has 0 aromatic carbocycles. The number of hydrogen-bond acceptors (Lipinski definition) is 3. The van der Waals surface area contributed by atoms with Crippen LogP contribution in [0.5, 0.6) is 0 Å². The first kappa shape index (κ1) is 12.6. The van der Waals surface area contributed by atoms with E-state index >= 15 is 0 Å². The topological polar surface area (TPSA) is 67.8 Å². The molecule has 5 nitrogen and oxygen atoms in total. The zero-order valence-corrected chi connectivity index (χ0v) is 10.6. The Kier molecular flexibility index (Phi) is 3.62. The van der Waals surface area contributed by atoms with Gasteiger partial charge in [-0.25, -0.2) is 4.79 Å². The second-order valence-corrected chi connectivity index (χ2v) is 4.32. The molecule has 18 heavy (non-hydrogen) atoms. The maximum absolute atomic E-state index is 11.9. The summed E-state index contributed by atoms with van der Waals surface area (Å²) in [6, 6.07) is 3.71. The molecule has 6 heteroatoms. The molecular weight excluding hydrogens is 254 g/mol. The summed E-state index contributed by atoms with van der Waals surface area (Å²) in [6.07, 6.45) is 3.95. The molecule has 2 aromatic rings. The number of aryl methyl sites for hydroxylation is 1. The molecule has 0 unspecified atom stereocenters. The van der Waals surface area contributed by atoms with Crippen LogP contribution in [0, 0.1) is 6.92 Å². The SMILES string of the molecule is Cc1c(Cl)[nH]c(=O)n(CCc2cccnc2)c1=O. The van der Waals surface area contributed by atoms with Gasteiger partial charge in [0.15, 0.2) is 0 Å². The van der Waals surface area contributed by atoms with E-state index in [1.807, 2.05) is 12.1 Å². The molecule has 2 aromatic heterocycles. The van der Waals surface area contributed by atoms with Crippen molar-refractivity contribution >= 4 is 11.6 Å². The van der Waals surface area contributed by atoms with Gasteiger partial charge < -0.3 is 0 Å². The van der Waals surface area contributed by atoms with Crippen LogP contribution in [0.2, 0.25) is 5.15 Å². The Balaban J connectivity index is 2.28. The van der Waals surface area contributed by atoms with E-state index < -0.39 is 5.69 Å². The zero-order chi connectivity index (χ0) is 13.1. The Morgan fingerprint density at radius 2 is 2.22 bits per heavy atom. The van der Waals surface area contributed by atoms with Crippen molar-refractivity contribution in [3.05, 3.63) is 61.6 Å². The summed E-state index contributed by atoms with van der Waals surface area (Å²) >= 11 is 5.73. The third kappa shape index (κ3) is 2.51. The normalized spacial score (nSPS) is 10.6. The number of halogens is 1. The van der Waals surface area contributed by atoms with E-state index in [0.717, 1.165) is 10.1 Å². The molecule has 0 aliphatic carbocycles. The van der Waals surface area contributed by atoms with Crippen LogP contribution in [0.3, 0.4) is 0 Å². The van der Waals surface area contributed by atoms with Gasteiger partial charge in [-0.2, -0.15) is 0 Å². The second kappa shape index (κ2) is 5.18. The zero-order valence-electron chi connectivity index (χ0n) is 9.81. The smallest absolute Gasteiger partial charge is 0.297 e. The fourth-order valence-corrected chi connectivity index (χ4v) is 1.80. The first-order chi connectivity index (χ1) is 8.59. The molecule has 0 aliphatic heterocycles. The third-order valence-electron chi connectivity index (χ3n) is 2.70. The van der Waals surface area contributed by atoms with E-state index in [0.29, 0.717) is 18.5 Å². The molecule has 0 fully saturated rings. The van der Waals surface area contributed by atoms with Crippen LogP contribution in [0.4, 0.5) is 0 Å². The van der Waals surface area contributed by atoms with Crippen LogP contribution in [0.15, 0.2) is 34.1 Å². The van der Waals surface area contributed by atoms with E-state index in [-0.39, 0.29) is 10.7 Å². The van der Waals surface area contributed by atoms with Crippen LogP contribution < -0.4 is 11.2 Å². The van der Waals surface area contributed by atoms with Crippen molar-refractivity contribution in [3.63, 3.8) is 0 Å². The Morgan fingerprint density at radius 1 is 1.44 bits per heavy atom. The Morgan fingerprint density at radius 3 is 2.89 bits per heavy atom. The van der Waals surface area contributed by atoms with Gasteiger partial charge in [-0.15, -0.1) is 0 Å². The second-order valence-electron chi connectivity index (χ2n) is 3.94. The number of rotatable bonds is 3. The molecule has 2 rings (SSSR count). The summed E-state index contributed by atoms with van der Waals surface area (Å²) in [5.41, 5.74) is 0.478. The highest BCUT2D eigenvalue weighted by atomic mass is 35.5. The number of aromatic nitrogens is 3. The van der Waals surface area contributed by atoms with Crippen LogP contribution in [0.1, 0.15) is 11.1 Å². The largest absolute Gasteiger partial charge is 0.329 e. The van der Waals surface area contributed by atoms with E-state index in [9.17, 15) is 9.59 Å².